The highest BCUT2D eigenvalue weighted by atomic mass is 16.1. The highest BCUT2D eigenvalue weighted by Crippen LogP contribution is 2.37. The Morgan fingerprint density at radius 1 is 0.975 bits per heavy atom. The van der Waals surface area contributed by atoms with Gasteiger partial charge in [0.1, 0.15) is 5.82 Å². The Hall–Kier alpha value is -3.25. The molecule has 3 aliphatic rings. The summed E-state index contributed by atoms with van der Waals surface area (Å²) >= 11 is 0. The summed E-state index contributed by atoms with van der Waals surface area (Å²) in [6.07, 6.45) is 11.9. The maximum atomic E-state index is 13.4. The van der Waals surface area contributed by atoms with Crippen molar-refractivity contribution < 1.29 is 4.79 Å². The van der Waals surface area contributed by atoms with Crippen LogP contribution in [0.5, 0.6) is 0 Å². The molecule has 2 N–H and O–H groups in total. The Labute approximate surface area is 239 Å². The Bertz CT molecular complexity index is 1330. The number of carbonyl (C=O) groups is 1. The molecule has 6 rings (SSSR count). The monoisotopic (exact) mass is 537 g/mol. The highest BCUT2D eigenvalue weighted by molar-refractivity contribution is 6.04. The first-order valence-electron chi connectivity index (χ1n) is 15.3. The van der Waals surface area contributed by atoms with Crippen LogP contribution in [0.1, 0.15) is 98.4 Å². The molecule has 1 unspecified atom stereocenters. The molecule has 1 amide bonds. The SMILES string of the molecule is Cc1ccc(NC(=O)c2ccnc(C(C)(C)C3CN3)c2)cc1-c1cc(C2CCCCC2)nc(N2CCCCC2)c1. The summed E-state index contributed by atoms with van der Waals surface area (Å²) in [6, 6.07) is 15.0. The lowest BCUT2D eigenvalue weighted by Gasteiger charge is -2.30. The summed E-state index contributed by atoms with van der Waals surface area (Å²) in [6.45, 7) is 9.68. The second kappa shape index (κ2) is 11.3. The minimum absolute atomic E-state index is 0.107. The van der Waals surface area contributed by atoms with E-state index >= 15 is 0 Å². The molecule has 2 aromatic heterocycles. The molecule has 210 valence electrons. The molecule has 6 heteroatoms. The summed E-state index contributed by atoms with van der Waals surface area (Å²) in [4.78, 5) is 25.7. The molecule has 3 fully saturated rings. The van der Waals surface area contributed by atoms with Crippen molar-refractivity contribution >= 4 is 17.4 Å². The zero-order valence-corrected chi connectivity index (χ0v) is 24.3. The summed E-state index contributed by atoms with van der Waals surface area (Å²) in [5.41, 5.74) is 7.08. The molecular formula is C34H43N5O. The summed E-state index contributed by atoms with van der Waals surface area (Å²) in [5.74, 6) is 1.55. The molecule has 3 aromatic rings. The fraction of sp³-hybridized carbons (Fsp3) is 0.500. The van der Waals surface area contributed by atoms with Crippen molar-refractivity contribution in [3.63, 3.8) is 0 Å². The second-order valence-corrected chi connectivity index (χ2v) is 12.6. The first kappa shape index (κ1) is 26.9. The maximum Gasteiger partial charge on any atom is 0.255 e. The number of piperidine rings is 1. The van der Waals surface area contributed by atoms with Crippen molar-refractivity contribution in [3.8, 4) is 11.1 Å². The molecule has 6 nitrogen and oxygen atoms in total. The molecule has 1 atom stereocenters. The molecule has 2 saturated heterocycles. The van der Waals surface area contributed by atoms with E-state index in [4.69, 9.17) is 4.98 Å². The molecule has 2 aliphatic heterocycles. The smallest absolute Gasteiger partial charge is 0.255 e. The lowest BCUT2D eigenvalue weighted by Crippen LogP contribution is -2.30. The van der Waals surface area contributed by atoms with Crippen molar-refractivity contribution in [1.29, 1.82) is 0 Å². The lowest BCUT2D eigenvalue weighted by molar-refractivity contribution is 0.102. The molecule has 4 heterocycles. The zero-order chi connectivity index (χ0) is 27.7. The lowest BCUT2D eigenvalue weighted by atomic mass is 9.84. The van der Waals surface area contributed by atoms with E-state index in [-0.39, 0.29) is 11.3 Å². The van der Waals surface area contributed by atoms with Gasteiger partial charge in [-0.1, -0.05) is 39.2 Å². The van der Waals surface area contributed by atoms with Gasteiger partial charge in [0.25, 0.3) is 5.91 Å². The van der Waals surface area contributed by atoms with Crippen LogP contribution in [0.3, 0.4) is 0 Å². The predicted octanol–water partition coefficient (Wildman–Crippen LogP) is 6.99. The van der Waals surface area contributed by atoms with Gasteiger partial charge in [0, 0.05) is 65.8 Å². The van der Waals surface area contributed by atoms with Gasteiger partial charge in [-0.3, -0.25) is 9.78 Å². The minimum Gasteiger partial charge on any atom is -0.357 e. The van der Waals surface area contributed by atoms with Crippen LogP contribution < -0.4 is 15.5 Å². The van der Waals surface area contributed by atoms with Gasteiger partial charge >= 0.3 is 0 Å². The van der Waals surface area contributed by atoms with Crippen molar-refractivity contribution in [2.45, 2.75) is 89.5 Å². The minimum atomic E-state index is -0.114. The van der Waals surface area contributed by atoms with Gasteiger partial charge in [-0.15, -0.1) is 0 Å². The van der Waals surface area contributed by atoms with Gasteiger partial charge in [-0.05, 0) is 92.1 Å². The predicted molar refractivity (Wildman–Crippen MR) is 163 cm³/mol. The van der Waals surface area contributed by atoms with Crippen molar-refractivity contribution in [1.82, 2.24) is 15.3 Å². The third-order valence-corrected chi connectivity index (χ3v) is 9.30. The number of anilines is 2. The third kappa shape index (κ3) is 5.78. The fourth-order valence-corrected chi connectivity index (χ4v) is 6.47. The van der Waals surface area contributed by atoms with Crippen LogP contribution in [-0.4, -0.2) is 41.6 Å². The van der Waals surface area contributed by atoms with E-state index in [0.717, 1.165) is 42.4 Å². The average molecular weight is 538 g/mol. The van der Waals surface area contributed by atoms with E-state index in [1.807, 2.05) is 12.1 Å². The largest absolute Gasteiger partial charge is 0.357 e. The van der Waals surface area contributed by atoms with Crippen LogP contribution >= 0.6 is 0 Å². The standard InChI is InChI=1S/C34H43N5O/c1-23-12-13-27(37-33(40)25-14-15-35-30(19-25)34(2,3)31-22-36-31)21-28(23)26-18-29(24-10-6-4-7-11-24)38-32(20-26)39-16-8-5-9-17-39/h12-15,18-21,24,31,36H,4-11,16-17,22H2,1-3H3,(H,37,40). The first-order chi connectivity index (χ1) is 19.4. The summed E-state index contributed by atoms with van der Waals surface area (Å²) in [5, 5.41) is 6.56. The number of amides is 1. The number of nitrogens with zero attached hydrogens (tertiary/aromatic N) is 3. The topological polar surface area (TPSA) is 80.1 Å². The van der Waals surface area contributed by atoms with Gasteiger partial charge in [0.15, 0.2) is 0 Å². The van der Waals surface area contributed by atoms with Gasteiger partial charge < -0.3 is 15.5 Å². The number of pyridine rings is 2. The zero-order valence-electron chi connectivity index (χ0n) is 24.3. The Morgan fingerprint density at radius 2 is 1.73 bits per heavy atom. The molecular weight excluding hydrogens is 494 g/mol. The Kier molecular flexibility index (Phi) is 7.63. The number of hydrogen-bond acceptors (Lipinski definition) is 5. The molecule has 40 heavy (non-hydrogen) atoms. The summed E-state index contributed by atoms with van der Waals surface area (Å²) < 4.78 is 0. The van der Waals surface area contributed by atoms with Crippen LogP contribution in [0, 0.1) is 6.92 Å². The number of carbonyl (C=O) groups excluding carboxylic acids is 1. The third-order valence-electron chi connectivity index (χ3n) is 9.30. The molecule has 1 aromatic carbocycles. The maximum absolute atomic E-state index is 13.4. The molecule has 0 spiro atoms. The van der Waals surface area contributed by atoms with E-state index in [0.29, 0.717) is 17.5 Å². The number of hydrogen-bond donors (Lipinski definition) is 2. The van der Waals surface area contributed by atoms with Gasteiger partial charge in [0.2, 0.25) is 0 Å². The van der Waals surface area contributed by atoms with E-state index in [1.54, 1.807) is 12.3 Å². The van der Waals surface area contributed by atoms with Crippen LogP contribution in [0.15, 0.2) is 48.7 Å². The Balaban J connectivity index is 1.29. The van der Waals surface area contributed by atoms with Crippen molar-refractivity contribution in [2.75, 3.05) is 29.9 Å². The van der Waals surface area contributed by atoms with Crippen LogP contribution in [0.25, 0.3) is 11.1 Å². The van der Waals surface area contributed by atoms with Crippen LogP contribution in [0.2, 0.25) is 0 Å². The van der Waals surface area contributed by atoms with Crippen LogP contribution in [0.4, 0.5) is 11.5 Å². The highest BCUT2D eigenvalue weighted by Gasteiger charge is 2.40. The molecule has 0 radical (unpaired) electrons. The van der Waals surface area contributed by atoms with Gasteiger partial charge in [0.05, 0.1) is 0 Å². The molecule has 1 saturated carbocycles. The number of rotatable bonds is 7. The van der Waals surface area contributed by atoms with E-state index in [9.17, 15) is 4.79 Å². The van der Waals surface area contributed by atoms with E-state index in [2.05, 4.69) is 65.6 Å². The van der Waals surface area contributed by atoms with Crippen molar-refractivity contribution in [2.24, 2.45) is 0 Å². The number of aryl methyl sites for hydroxylation is 1. The average Bonchev–Trinajstić information content (AvgIpc) is 3.86. The van der Waals surface area contributed by atoms with Gasteiger partial charge in [-0.2, -0.15) is 0 Å². The summed E-state index contributed by atoms with van der Waals surface area (Å²) in [7, 11) is 0. The van der Waals surface area contributed by atoms with Crippen LogP contribution in [-0.2, 0) is 5.41 Å². The number of benzene rings is 1. The second-order valence-electron chi connectivity index (χ2n) is 12.6. The number of nitrogens with one attached hydrogen (secondary N) is 2. The van der Waals surface area contributed by atoms with E-state index in [1.165, 1.54) is 68.2 Å². The quantitative estimate of drug-likeness (QED) is 0.318. The molecule has 1 aliphatic carbocycles. The number of aromatic nitrogens is 2. The Morgan fingerprint density at radius 3 is 2.48 bits per heavy atom. The fourth-order valence-electron chi connectivity index (χ4n) is 6.47. The van der Waals surface area contributed by atoms with E-state index < -0.39 is 0 Å². The van der Waals surface area contributed by atoms with Crippen molar-refractivity contribution in [3.05, 3.63) is 71.2 Å². The normalized spacial score (nSPS) is 19.9. The van der Waals surface area contributed by atoms with Gasteiger partial charge in [-0.25, -0.2) is 4.98 Å². The molecule has 0 bridgehead atoms. The first-order valence-corrected chi connectivity index (χ1v) is 15.3.